The first-order valence-electron chi connectivity index (χ1n) is 4.51. The third-order valence-electron chi connectivity index (χ3n) is 1.84. The number of thioether (sulfide) groups is 1. The zero-order valence-electron chi connectivity index (χ0n) is 8.73. The molecular weight excluding hydrogens is 312 g/mol. The van der Waals surface area contributed by atoms with Crippen LogP contribution in [0, 0.1) is 0 Å². The van der Waals surface area contributed by atoms with Gasteiger partial charge in [-0.15, -0.1) is 0 Å². The van der Waals surface area contributed by atoms with Crippen LogP contribution < -0.4 is 10.5 Å². The molecule has 1 rings (SSSR count). The van der Waals surface area contributed by atoms with Crippen LogP contribution in [0.4, 0.5) is 5.69 Å². The number of anilines is 1. The average molecular weight is 325 g/mol. The van der Waals surface area contributed by atoms with Gasteiger partial charge in [-0.2, -0.15) is 11.8 Å². The Balaban J connectivity index is 2.90. The minimum absolute atomic E-state index is 0.211. The monoisotopic (exact) mass is 324 g/mol. The van der Waals surface area contributed by atoms with Crippen molar-refractivity contribution in [1.82, 2.24) is 4.72 Å². The quantitative estimate of drug-likeness (QED) is 0.638. The summed E-state index contributed by atoms with van der Waals surface area (Å²) in [7, 11) is -3.45. The molecule has 0 radical (unpaired) electrons. The van der Waals surface area contributed by atoms with Crippen LogP contribution in [-0.2, 0) is 10.0 Å². The van der Waals surface area contributed by atoms with Crippen LogP contribution in [0.5, 0.6) is 0 Å². The number of rotatable bonds is 5. The van der Waals surface area contributed by atoms with Crippen LogP contribution in [0.25, 0.3) is 0 Å². The standard InChI is InChI=1S/C9H13BrN2O2S2/c1-15-5-4-12-16(13,14)9-3-2-7(11)6-8(9)10/h2-3,6,12H,4-5,11H2,1H3. The van der Waals surface area contributed by atoms with Gasteiger partial charge in [0.25, 0.3) is 0 Å². The van der Waals surface area contributed by atoms with E-state index in [9.17, 15) is 8.42 Å². The van der Waals surface area contributed by atoms with E-state index in [4.69, 9.17) is 5.73 Å². The molecule has 4 nitrogen and oxygen atoms in total. The number of hydrogen-bond acceptors (Lipinski definition) is 4. The van der Waals surface area contributed by atoms with Crippen molar-refractivity contribution in [2.24, 2.45) is 0 Å². The minimum Gasteiger partial charge on any atom is -0.399 e. The van der Waals surface area contributed by atoms with E-state index < -0.39 is 10.0 Å². The number of halogens is 1. The van der Waals surface area contributed by atoms with Crippen molar-refractivity contribution in [3.63, 3.8) is 0 Å². The maximum Gasteiger partial charge on any atom is 0.241 e. The molecule has 3 N–H and O–H groups in total. The van der Waals surface area contributed by atoms with Gasteiger partial charge >= 0.3 is 0 Å². The van der Waals surface area contributed by atoms with E-state index in [0.717, 1.165) is 5.75 Å². The van der Waals surface area contributed by atoms with Crippen molar-refractivity contribution >= 4 is 43.4 Å². The molecule has 0 heterocycles. The molecule has 0 saturated carbocycles. The summed E-state index contributed by atoms with van der Waals surface area (Å²) in [6.45, 7) is 0.417. The molecule has 16 heavy (non-hydrogen) atoms. The smallest absolute Gasteiger partial charge is 0.241 e. The van der Waals surface area contributed by atoms with E-state index in [2.05, 4.69) is 20.7 Å². The molecular formula is C9H13BrN2O2S2. The maximum absolute atomic E-state index is 11.8. The van der Waals surface area contributed by atoms with Gasteiger partial charge in [0.2, 0.25) is 10.0 Å². The summed E-state index contributed by atoms with van der Waals surface area (Å²) in [6.07, 6.45) is 1.92. The van der Waals surface area contributed by atoms with Crippen LogP contribution in [0.3, 0.4) is 0 Å². The molecule has 1 aromatic rings. The van der Waals surface area contributed by atoms with Gasteiger partial charge in [-0.05, 0) is 40.4 Å². The van der Waals surface area contributed by atoms with E-state index in [-0.39, 0.29) is 4.90 Å². The molecule has 90 valence electrons. The molecule has 0 amide bonds. The topological polar surface area (TPSA) is 72.2 Å². The second-order valence-corrected chi connectivity index (χ2v) is 6.66. The lowest BCUT2D eigenvalue weighted by Crippen LogP contribution is -2.26. The van der Waals surface area contributed by atoms with Gasteiger partial charge in [0.15, 0.2) is 0 Å². The van der Waals surface area contributed by atoms with E-state index >= 15 is 0 Å². The fourth-order valence-corrected chi connectivity index (χ4v) is 3.65. The highest BCUT2D eigenvalue weighted by Crippen LogP contribution is 2.23. The normalized spacial score (nSPS) is 11.6. The summed E-state index contributed by atoms with van der Waals surface area (Å²) in [5.41, 5.74) is 6.07. The molecule has 0 bridgehead atoms. The largest absolute Gasteiger partial charge is 0.399 e. The molecule has 0 aliphatic carbocycles. The van der Waals surface area contributed by atoms with Crippen LogP contribution in [0.1, 0.15) is 0 Å². The Labute approximate surface area is 108 Å². The number of nitrogens with one attached hydrogen (secondary N) is 1. The number of sulfonamides is 1. The van der Waals surface area contributed by atoms with Gasteiger partial charge in [0, 0.05) is 22.5 Å². The Bertz CT molecular complexity index is 463. The summed E-state index contributed by atoms with van der Waals surface area (Å²) in [4.78, 5) is 0.211. The molecule has 7 heteroatoms. The van der Waals surface area contributed by atoms with Crippen molar-refractivity contribution < 1.29 is 8.42 Å². The second-order valence-electron chi connectivity index (χ2n) is 3.08. The Morgan fingerprint density at radius 3 is 2.75 bits per heavy atom. The molecule has 0 aliphatic heterocycles. The first-order valence-corrected chi connectivity index (χ1v) is 8.18. The van der Waals surface area contributed by atoms with Gasteiger partial charge in [0.05, 0.1) is 4.90 Å². The number of nitrogen functional groups attached to an aromatic ring is 1. The molecule has 0 aliphatic rings. The first kappa shape index (κ1) is 13.8. The highest BCUT2D eigenvalue weighted by molar-refractivity contribution is 9.10. The van der Waals surface area contributed by atoms with E-state index in [1.165, 1.54) is 6.07 Å². The summed E-state index contributed by atoms with van der Waals surface area (Å²) < 4.78 is 26.7. The van der Waals surface area contributed by atoms with Crippen LogP contribution >= 0.6 is 27.7 Å². The van der Waals surface area contributed by atoms with E-state index in [1.807, 2.05) is 6.26 Å². The lowest BCUT2D eigenvalue weighted by atomic mass is 10.3. The summed E-state index contributed by atoms with van der Waals surface area (Å²) in [6, 6.07) is 4.62. The fourth-order valence-electron chi connectivity index (χ4n) is 1.09. The molecule has 1 aromatic carbocycles. The zero-order chi connectivity index (χ0) is 12.2. The van der Waals surface area contributed by atoms with Gasteiger partial charge < -0.3 is 5.73 Å². The van der Waals surface area contributed by atoms with Crippen molar-refractivity contribution in [3.8, 4) is 0 Å². The number of nitrogens with two attached hydrogens (primary N) is 1. The molecule has 0 aromatic heterocycles. The number of benzene rings is 1. The average Bonchev–Trinajstić information content (AvgIpc) is 2.17. The fraction of sp³-hybridized carbons (Fsp3) is 0.333. The third kappa shape index (κ3) is 3.65. The zero-order valence-corrected chi connectivity index (χ0v) is 12.0. The highest BCUT2D eigenvalue weighted by Gasteiger charge is 2.16. The molecule has 0 saturated heterocycles. The Kier molecular flexibility index (Phi) is 5.10. The van der Waals surface area contributed by atoms with Crippen molar-refractivity contribution in [1.29, 1.82) is 0 Å². The van der Waals surface area contributed by atoms with Gasteiger partial charge in [0.1, 0.15) is 0 Å². The molecule has 0 atom stereocenters. The maximum atomic E-state index is 11.8. The molecule has 0 fully saturated rings. The van der Waals surface area contributed by atoms with Gasteiger partial charge in [-0.25, -0.2) is 13.1 Å². The summed E-state index contributed by atoms with van der Waals surface area (Å²) in [5.74, 6) is 0.742. The van der Waals surface area contributed by atoms with Gasteiger partial charge in [-0.1, -0.05) is 0 Å². The minimum atomic E-state index is -3.45. The van der Waals surface area contributed by atoms with Crippen molar-refractivity contribution in [2.45, 2.75) is 4.90 Å². The predicted octanol–water partition coefficient (Wildman–Crippen LogP) is 1.67. The predicted molar refractivity (Wildman–Crippen MR) is 72.1 cm³/mol. The van der Waals surface area contributed by atoms with Crippen molar-refractivity contribution in [3.05, 3.63) is 22.7 Å². The Morgan fingerprint density at radius 1 is 1.50 bits per heavy atom. The van der Waals surface area contributed by atoms with Crippen LogP contribution in [-0.4, -0.2) is 27.0 Å². The third-order valence-corrected chi connectivity index (χ3v) is 4.89. The first-order chi connectivity index (χ1) is 7.47. The lowest BCUT2D eigenvalue weighted by Gasteiger charge is -2.08. The van der Waals surface area contributed by atoms with Crippen molar-refractivity contribution in [2.75, 3.05) is 24.3 Å². The van der Waals surface area contributed by atoms with Crippen LogP contribution in [0.15, 0.2) is 27.6 Å². The summed E-state index contributed by atoms with van der Waals surface area (Å²) >= 11 is 4.77. The van der Waals surface area contributed by atoms with E-state index in [1.54, 1.807) is 23.9 Å². The van der Waals surface area contributed by atoms with E-state index in [0.29, 0.717) is 16.7 Å². The summed E-state index contributed by atoms with van der Waals surface area (Å²) in [5, 5.41) is 0. The van der Waals surface area contributed by atoms with Gasteiger partial charge in [-0.3, -0.25) is 0 Å². The Hall–Kier alpha value is -0.240. The highest BCUT2D eigenvalue weighted by atomic mass is 79.9. The molecule has 0 unspecified atom stereocenters. The number of hydrogen-bond donors (Lipinski definition) is 2. The Morgan fingerprint density at radius 2 is 2.19 bits per heavy atom. The SMILES string of the molecule is CSCCNS(=O)(=O)c1ccc(N)cc1Br. The molecule has 0 spiro atoms. The lowest BCUT2D eigenvalue weighted by molar-refractivity contribution is 0.584. The second kappa shape index (κ2) is 5.90. The van der Waals surface area contributed by atoms with Crippen LogP contribution in [0.2, 0.25) is 0 Å².